The summed E-state index contributed by atoms with van der Waals surface area (Å²) in [5.74, 6) is 1.16. The minimum Gasteiger partial charge on any atom is -0.437 e. The first-order valence-corrected chi connectivity index (χ1v) is 7.71. The second kappa shape index (κ2) is 8.24. The second-order valence-corrected chi connectivity index (χ2v) is 5.29. The van der Waals surface area contributed by atoms with E-state index in [-0.39, 0.29) is 11.7 Å². The molecule has 0 saturated heterocycles. The van der Waals surface area contributed by atoms with Gasteiger partial charge in [-0.05, 0) is 31.2 Å². The lowest BCUT2D eigenvalue weighted by Gasteiger charge is -2.24. The van der Waals surface area contributed by atoms with Crippen molar-refractivity contribution >= 4 is 11.7 Å². The Hall–Kier alpha value is -2.70. The fourth-order valence-corrected chi connectivity index (χ4v) is 2.12. The number of rotatable bonds is 7. The Bertz CT molecular complexity index is 679. The van der Waals surface area contributed by atoms with Gasteiger partial charge in [-0.2, -0.15) is 4.98 Å². The smallest absolute Gasteiger partial charge is 0.239 e. The van der Waals surface area contributed by atoms with Crippen LogP contribution in [0.4, 0.5) is 10.2 Å². The molecule has 0 unspecified atom stereocenters. The van der Waals surface area contributed by atoms with Crippen LogP contribution in [-0.4, -0.2) is 47.5 Å². The van der Waals surface area contributed by atoms with E-state index in [1.165, 1.54) is 30.5 Å². The van der Waals surface area contributed by atoms with E-state index in [4.69, 9.17) is 4.74 Å². The molecule has 1 amide bonds. The molecule has 24 heavy (non-hydrogen) atoms. The first-order chi connectivity index (χ1) is 11.5. The number of hydrogen-bond donors (Lipinski definition) is 0. The molecule has 6 nitrogen and oxygen atoms in total. The van der Waals surface area contributed by atoms with E-state index in [1.54, 1.807) is 18.0 Å². The van der Waals surface area contributed by atoms with Crippen molar-refractivity contribution in [2.45, 2.75) is 13.8 Å². The molecule has 0 saturated carbocycles. The third-order valence-corrected chi connectivity index (χ3v) is 3.56. The van der Waals surface area contributed by atoms with Crippen molar-refractivity contribution in [3.63, 3.8) is 0 Å². The Morgan fingerprint density at radius 1 is 1.21 bits per heavy atom. The number of carbonyl (C=O) groups excluding carboxylic acids is 1. The van der Waals surface area contributed by atoms with Gasteiger partial charge < -0.3 is 14.5 Å². The number of amides is 1. The Morgan fingerprint density at radius 3 is 2.54 bits per heavy atom. The second-order valence-electron chi connectivity index (χ2n) is 5.29. The molecule has 0 fully saturated rings. The highest BCUT2D eigenvalue weighted by molar-refractivity contribution is 5.73. The summed E-state index contributed by atoms with van der Waals surface area (Å²) in [5, 5.41) is 0. The predicted molar refractivity (Wildman–Crippen MR) is 89.7 cm³/mol. The van der Waals surface area contributed by atoms with E-state index in [0.29, 0.717) is 37.1 Å². The number of aromatic nitrogens is 2. The van der Waals surface area contributed by atoms with Crippen molar-refractivity contribution in [1.29, 1.82) is 0 Å². The molecule has 0 N–H and O–H groups in total. The molecule has 2 rings (SSSR count). The molecule has 128 valence electrons. The summed E-state index contributed by atoms with van der Waals surface area (Å²) >= 11 is 0. The van der Waals surface area contributed by atoms with Gasteiger partial charge in [0.25, 0.3) is 0 Å². The Labute approximate surface area is 140 Å². The molecule has 7 heteroatoms. The normalized spacial score (nSPS) is 10.3. The number of likely N-dealkylation sites (N-methyl/N-ethyl adjacent to an activating group) is 2. The van der Waals surface area contributed by atoms with Crippen LogP contribution >= 0.6 is 0 Å². The number of benzene rings is 1. The molecular formula is C17H21FN4O2. The summed E-state index contributed by atoms with van der Waals surface area (Å²) in [4.78, 5) is 23.6. The lowest BCUT2D eigenvalue weighted by Crippen LogP contribution is -2.36. The maximum atomic E-state index is 12.9. The van der Waals surface area contributed by atoms with E-state index in [1.807, 2.05) is 18.9 Å². The van der Waals surface area contributed by atoms with Crippen molar-refractivity contribution in [2.24, 2.45) is 0 Å². The molecule has 1 heterocycles. The Kier molecular flexibility index (Phi) is 6.06. The van der Waals surface area contributed by atoms with Gasteiger partial charge in [0.15, 0.2) is 5.82 Å². The maximum Gasteiger partial charge on any atom is 0.239 e. The van der Waals surface area contributed by atoms with Crippen molar-refractivity contribution < 1.29 is 13.9 Å². The summed E-state index contributed by atoms with van der Waals surface area (Å²) in [6.45, 7) is 5.40. The number of anilines is 1. The first-order valence-electron chi connectivity index (χ1n) is 7.71. The quantitative estimate of drug-likeness (QED) is 0.780. The van der Waals surface area contributed by atoms with Crippen molar-refractivity contribution in [3.8, 4) is 11.6 Å². The zero-order chi connectivity index (χ0) is 17.5. The van der Waals surface area contributed by atoms with Crippen molar-refractivity contribution in [2.75, 3.05) is 31.6 Å². The van der Waals surface area contributed by atoms with Gasteiger partial charge >= 0.3 is 0 Å². The highest BCUT2D eigenvalue weighted by Gasteiger charge is 2.10. The molecule has 1 aromatic carbocycles. The van der Waals surface area contributed by atoms with Gasteiger partial charge in [-0.25, -0.2) is 4.39 Å². The highest BCUT2D eigenvalue weighted by atomic mass is 19.1. The van der Waals surface area contributed by atoms with Gasteiger partial charge in [0.1, 0.15) is 11.6 Å². The molecule has 0 atom stereocenters. The first kappa shape index (κ1) is 17.7. The van der Waals surface area contributed by atoms with E-state index >= 15 is 0 Å². The monoisotopic (exact) mass is 332 g/mol. The van der Waals surface area contributed by atoms with Crippen LogP contribution in [0.2, 0.25) is 0 Å². The minimum absolute atomic E-state index is 0.0466. The van der Waals surface area contributed by atoms with Crippen LogP contribution in [0.1, 0.15) is 13.8 Å². The fourth-order valence-electron chi connectivity index (χ4n) is 2.12. The average Bonchev–Trinajstić information content (AvgIpc) is 2.57. The van der Waals surface area contributed by atoms with Crippen LogP contribution in [0.15, 0.2) is 36.7 Å². The molecule has 1 aromatic heterocycles. The number of halogens is 1. The standard InChI is InChI=1S/C17H21FN4O2/c1-4-22(13(2)23)10-9-21(3)16-11-19-12-17(20-16)24-15-7-5-14(18)6-8-15/h5-8,11-12H,4,9-10H2,1-3H3. The number of carbonyl (C=O) groups is 1. The zero-order valence-corrected chi connectivity index (χ0v) is 14.1. The van der Waals surface area contributed by atoms with Crippen LogP contribution in [0.5, 0.6) is 11.6 Å². The van der Waals surface area contributed by atoms with Crippen molar-refractivity contribution in [3.05, 3.63) is 42.5 Å². The Morgan fingerprint density at radius 2 is 1.92 bits per heavy atom. The van der Waals surface area contributed by atoms with Gasteiger partial charge in [0, 0.05) is 33.6 Å². The molecular weight excluding hydrogens is 311 g/mol. The minimum atomic E-state index is -0.326. The molecule has 0 aliphatic carbocycles. The lowest BCUT2D eigenvalue weighted by atomic mass is 10.3. The van der Waals surface area contributed by atoms with Crippen LogP contribution in [-0.2, 0) is 4.79 Å². The summed E-state index contributed by atoms with van der Waals surface area (Å²) in [6, 6.07) is 5.69. The fraction of sp³-hybridized carbons (Fsp3) is 0.353. The molecule has 0 spiro atoms. The van der Waals surface area contributed by atoms with E-state index in [0.717, 1.165) is 0 Å². The van der Waals surface area contributed by atoms with Crippen LogP contribution in [0.3, 0.4) is 0 Å². The molecule has 0 aliphatic rings. The van der Waals surface area contributed by atoms with Gasteiger partial charge in [-0.15, -0.1) is 0 Å². The summed E-state index contributed by atoms with van der Waals surface area (Å²) in [5.41, 5.74) is 0. The zero-order valence-electron chi connectivity index (χ0n) is 14.1. The topological polar surface area (TPSA) is 58.6 Å². The number of ether oxygens (including phenoxy) is 1. The predicted octanol–water partition coefficient (Wildman–Crippen LogP) is 2.71. The van der Waals surface area contributed by atoms with Crippen molar-refractivity contribution in [1.82, 2.24) is 14.9 Å². The third-order valence-electron chi connectivity index (χ3n) is 3.56. The summed E-state index contributed by atoms with van der Waals surface area (Å²) in [6.07, 6.45) is 3.12. The number of hydrogen-bond acceptors (Lipinski definition) is 5. The van der Waals surface area contributed by atoms with Gasteiger partial charge in [0.2, 0.25) is 11.8 Å². The van der Waals surface area contributed by atoms with E-state index in [2.05, 4.69) is 9.97 Å². The lowest BCUT2D eigenvalue weighted by molar-refractivity contribution is -0.128. The van der Waals surface area contributed by atoms with E-state index < -0.39 is 0 Å². The molecule has 0 aliphatic heterocycles. The van der Waals surface area contributed by atoms with Gasteiger partial charge in [-0.3, -0.25) is 9.78 Å². The van der Waals surface area contributed by atoms with E-state index in [9.17, 15) is 9.18 Å². The molecule has 0 bridgehead atoms. The Balaban J connectivity index is 2.00. The number of nitrogens with zero attached hydrogens (tertiary/aromatic N) is 4. The SMILES string of the molecule is CCN(CCN(C)c1cncc(Oc2ccc(F)cc2)n1)C(C)=O. The third kappa shape index (κ3) is 4.91. The largest absolute Gasteiger partial charge is 0.437 e. The maximum absolute atomic E-state index is 12.9. The van der Waals surface area contributed by atoms with Gasteiger partial charge in [0.05, 0.1) is 12.4 Å². The highest BCUT2D eigenvalue weighted by Crippen LogP contribution is 2.20. The average molecular weight is 332 g/mol. The molecule has 2 aromatic rings. The summed E-state index contributed by atoms with van der Waals surface area (Å²) in [7, 11) is 1.87. The van der Waals surface area contributed by atoms with Crippen LogP contribution < -0.4 is 9.64 Å². The van der Waals surface area contributed by atoms with Crippen LogP contribution in [0.25, 0.3) is 0 Å². The van der Waals surface area contributed by atoms with Gasteiger partial charge in [-0.1, -0.05) is 0 Å². The molecule has 0 radical (unpaired) electrons. The van der Waals surface area contributed by atoms with Crippen LogP contribution in [0, 0.1) is 5.82 Å². The summed E-state index contributed by atoms with van der Waals surface area (Å²) < 4.78 is 18.5.